The van der Waals surface area contributed by atoms with Gasteiger partial charge in [0.05, 0.1) is 11.1 Å². The van der Waals surface area contributed by atoms with Gasteiger partial charge in [-0.1, -0.05) is 55.2 Å². The van der Waals surface area contributed by atoms with Gasteiger partial charge in [-0.2, -0.15) is 0 Å². The second-order valence-corrected chi connectivity index (χ2v) is 12.1. The quantitative estimate of drug-likeness (QED) is 0.271. The van der Waals surface area contributed by atoms with Gasteiger partial charge in [0.25, 0.3) is 0 Å². The average molecular weight is 599 g/mol. The van der Waals surface area contributed by atoms with Crippen molar-refractivity contribution in [2.75, 3.05) is 17.2 Å². The molecule has 8 nitrogen and oxygen atoms in total. The van der Waals surface area contributed by atoms with Gasteiger partial charge in [-0.3, -0.25) is 14.4 Å². The van der Waals surface area contributed by atoms with Crippen molar-refractivity contribution in [2.24, 2.45) is 11.1 Å². The number of carbonyl (C=O) groups is 3. The Bertz CT molecular complexity index is 1550. The van der Waals surface area contributed by atoms with Gasteiger partial charge < -0.3 is 26.8 Å². The number of nitrogens with one attached hydrogen (secondary N) is 3. The van der Waals surface area contributed by atoms with E-state index in [1.807, 2.05) is 13.8 Å². The monoisotopic (exact) mass is 598 g/mol. The summed E-state index contributed by atoms with van der Waals surface area (Å²) >= 11 is 12.5. The van der Waals surface area contributed by atoms with E-state index in [2.05, 4.69) is 16.0 Å². The highest BCUT2D eigenvalue weighted by Crippen LogP contribution is 2.57. The van der Waals surface area contributed by atoms with Gasteiger partial charge in [-0.05, 0) is 65.4 Å². The number of aliphatic hydroxyl groups is 1. The first kappa shape index (κ1) is 29.0. The van der Waals surface area contributed by atoms with E-state index in [0.717, 1.165) is 0 Å². The number of primary amides is 1. The van der Waals surface area contributed by atoms with Crippen molar-refractivity contribution in [3.8, 4) is 0 Å². The zero-order valence-corrected chi connectivity index (χ0v) is 23.8. The van der Waals surface area contributed by atoms with Crippen molar-refractivity contribution in [3.63, 3.8) is 0 Å². The Labute approximate surface area is 246 Å². The number of rotatable bonds is 7. The van der Waals surface area contributed by atoms with Gasteiger partial charge in [-0.15, -0.1) is 0 Å². The largest absolute Gasteiger partial charge is 0.396 e. The summed E-state index contributed by atoms with van der Waals surface area (Å²) in [6.07, 6.45) is 0.273. The number of aliphatic hydroxyl groups excluding tert-OH is 1. The lowest BCUT2D eigenvalue weighted by molar-refractivity contribution is -0.122. The van der Waals surface area contributed by atoms with Gasteiger partial charge in [0.1, 0.15) is 11.2 Å². The molecule has 1 spiro atoms. The fourth-order valence-corrected chi connectivity index (χ4v) is 6.45. The maximum Gasteiger partial charge on any atom is 0.248 e. The van der Waals surface area contributed by atoms with Crippen LogP contribution in [0.4, 0.5) is 15.8 Å². The summed E-state index contributed by atoms with van der Waals surface area (Å²) in [7, 11) is 0. The lowest BCUT2D eigenvalue weighted by Crippen LogP contribution is -2.50. The molecule has 1 saturated heterocycles. The first-order valence-corrected chi connectivity index (χ1v) is 13.8. The number of halogens is 3. The van der Waals surface area contributed by atoms with Crippen LogP contribution in [0.15, 0.2) is 60.7 Å². The molecule has 2 heterocycles. The van der Waals surface area contributed by atoms with Gasteiger partial charge in [0, 0.05) is 40.5 Å². The van der Waals surface area contributed by atoms with Gasteiger partial charge in [0.15, 0.2) is 0 Å². The molecular weight excluding hydrogens is 570 g/mol. The lowest BCUT2D eigenvalue weighted by atomic mass is 9.62. The van der Waals surface area contributed by atoms with Crippen molar-refractivity contribution in [3.05, 3.63) is 93.2 Å². The normalized spacial score (nSPS) is 23.4. The second-order valence-electron chi connectivity index (χ2n) is 11.3. The molecule has 0 saturated carbocycles. The van der Waals surface area contributed by atoms with E-state index in [1.165, 1.54) is 36.4 Å². The molecule has 2 aliphatic heterocycles. The van der Waals surface area contributed by atoms with E-state index < -0.39 is 52.4 Å². The number of nitrogens with two attached hydrogens (primary N) is 1. The third-order valence-corrected chi connectivity index (χ3v) is 8.55. The zero-order chi connectivity index (χ0) is 29.7. The Morgan fingerprint density at radius 2 is 1.83 bits per heavy atom. The van der Waals surface area contributed by atoms with E-state index in [1.54, 1.807) is 24.3 Å². The number of fused-ring (bicyclic) bond motifs is 2. The lowest BCUT2D eigenvalue weighted by Gasteiger charge is -2.38. The second kappa shape index (κ2) is 10.7. The molecule has 3 aromatic rings. The van der Waals surface area contributed by atoms with Crippen LogP contribution in [0.5, 0.6) is 0 Å². The molecule has 41 heavy (non-hydrogen) atoms. The SMILES string of the molecule is CC(C)(CO)CC1NC(C(=O)Nc2ccc(C(N)=O)cc2)C(c2cccc(Cl)c2F)C12C(=O)Nc1cc(Cl)ccc12. The van der Waals surface area contributed by atoms with Gasteiger partial charge >= 0.3 is 0 Å². The Kier molecular flexibility index (Phi) is 7.59. The van der Waals surface area contributed by atoms with Crippen LogP contribution < -0.4 is 21.7 Å². The van der Waals surface area contributed by atoms with Crippen LogP contribution >= 0.6 is 23.2 Å². The topological polar surface area (TPSA) is 134 Å². The zero-order valence-electron chi connectivity index (χ0n) is 22.3. The van der Waals surface area contributed by atoms with Gasteiger partial charge in [-0.25, -0.2) is 4.39 Å². The van der Waals surface area contributed by atoms with Crippen molar-refractivity contribution >= 4 is 52.3 Å². The van der Waals surface area contributed by atoms with Gasteiger partial charge in [0.2, 0.25) is 17.7 Å². The number of anilines is 2. The van der Waals surface area contributed by atoms with Crippen LogP contribution in [-0.4, -0.2) is 41.5 Å². The van der Waals surface area contributed by atoms with Crippen molar-refractivity contribution in [2.45, 2.75) is 43.7 Å². The predicted molar refractivity (Wildman–Crippen MR) is 156 cm³/mol. The molecule has 5 rings (SSSR count). The molecule has 1 fully saturated rings. The van der Waals surface area contributed by atoms with E-state index in [9.17, 15) is 19.5 Å². The standard InChI is InChI=1S/C30H29Cl2FN4O4/c1-29(2,14-38)13-22-30(19-11-8-16(31)12-21(19)36-28(30)41)23(18-4-3-5-20(32)24(18)33)25(37-22)27(40)35-17-9-6-15(7-10-17)26(34)39/h3-12,22-23,25,37-38H,13-14H2,1-2H3,(H2,34,39)(H,35,40)(H,36,41). The van der Waals surface area contributed by atoms with E-state index in [0.29, 0.717) is 22.0 Å². The molecule has 3 amide bonds. The summed E-state index contributed by atoms with van der Waals surface area (Å²) in [6, 6.07) is 13.7. The summed E-state index contributed by atoms with van der Waals surface area (Å²) in [5.41, 5.74) is 4.97. The summed E-state index contributed by atoms with van der Waals surface area (Å²) in [4.78, 5) is 39.6. The third kappa shape index (κ3) is 4.97. The van der Waals surface area contributed by atoms with E-state index >= 15 is 4.39 Å². The number of hydrogen-bond donors (Lipinski definition) is 5. The Hall–Kier alpha value is -3.50. The molecule has 2 aliphatic rings. The molecule has 4 unspecified atom stereocenters. The molecule has 11 heteroatoms. The molecule has 214 valence electrons. The summed E-state index contributed by atoms with van der Waals surface area (Å²) in [5.74, 6) is -3.35. The van der Waals surface area contributed by atoms with Crippen LogP contribution in [-0.2, 0) is 15.0 Å². The minimum Gasteiger partial charge on any atom is -0.396 e. The number of amides is 3. The molecule has 6 N–H and O–H groups in total. The van der Waals surface area contributed by atoms with Crippen molar-refractivity contribution < 1.29 is 23.9 Å². The van der Waals surface area contributed by atoms with Crippen molar-refractivity contribution in [1.29, 1.82) is 0 Å². The Morgan fingerprint density at radius 1 is 1.12 bits per heavy atom. The highest BCUT2D eigenvalue weighted by atomic mass is 35.5. The first-order chi connectivity index (χ1) is 19.4. The minimum absolute atomic E-state index is 0.0940. The van der Waals surface area contributed by atoms with E-state index in [-0.39, 0.29) is 29.2 Å². The average Bonchev–Trinajstić information content (AvgIpc) is 3.40. The Balaban J connectivity index is 1.69. The van der Waals surface area contributed by atoms with Crippen LogP contribution in [0, 0.1) is 11.2 Å². The summed E-state index contributed by atoms with van der Waals surface area (Å²) < 4.78 is 15.8. The summed E-state index contributed by atoms with van der Waals surface area (Å²) in [6.45, 7) is 3.51. The van der Waals surface area contributed by atoms with Crippen LogP contribution in [0.3, 0.4) is 0 Å². The number of carbonyl (C=O) groups excluding carboxylic acids is 3. The maximum absolute atomic E-state index is 15.8. The van der Waals surface area contributed by atoms with E-state index in [4.69, 9.17) is 28.9 Å². The maximum atomic E-state index is 15.8. The van der Waals surface area contributed by atoms with Crippen molar-refractivity contribution in [1.82, 2.24) is 5.32 Å². The van der Waals surface area contributed by atoms with Crippen LogP contribution in [0.2, 0.25) is 10.0 Å². The molecule has 0 radical (unpaired) electrons. The van der Waals surface area contributed by atoms with Crippen LogP contribution in [0.25, 0.3) is 0 Å². The molecule has 4 atom stereocenters. The molecule has 3 aromatic carbocycles. The molecule has 0 aliphatic carbocycles. The predicted octanol–water partition coefficient (Wildman–Crippen LogP) is 4.59. The molecule has 0 aromatic heterocycles. The highest BCUT2D eigenvalue weighted by Gasteiger charge is 2.66. The third-order valence-electron chi connectivity index (χ3n) is 8.03. The minimum atomic E-state index is -1.46. The number of benzene rings is 3. The smallest absolute Gasteiger partial charge is 0.248 e. The van der Waals surface area contributed by atoms with Crippen LogP contribution in [0.1, 0.15) is 47.7 Å². The highest BCUT2D eigenvalue weighted by molar-refractivity contribution is 6.31. The fourth-order valence-electron chi connectivity index (χ4n) is 6.09. The first-order valence-electron chi connectivity index (χ1n) is 13.0. The fraction of sp³-hybridized carbons (Fsp3) is 0.300. The molecular formula is C30H29Cl2FN4O4. The molecule has 0 bridgehead atoms. The number of hydrogen-bond acceptors (Lipinski definition) is 5. The summed E-state index contributed by atoms with van der Waals surface area (Å²) in [5, 5.41) is 19.5. The Morgan fingerprint density at radius 3 is 2.49 bits per heavy atom.